The van der Waals surface area contributed by atoms with Crippen molar-refractivity contribution >= 4 is 17.5 Å². The predicted octanol–water partition coefficient (Wildman–Crippen LogP) is 3.96. The normalized spacial score (nSPS) is 17.6. The number of aryl methyl sites for hydroxylation is 3. The van der Waals surface area contributed by atoms with E-state index in [1.165, 1.54) is 35.3 Å². The van der Waals surface area contributed by atoms with Gasteiger partial charge in [0.2, 0.25) is 5.91 Å². The number of benzene rings is 1. The number of hydrogen-bond donors (Lipinski definition) is 3. The molecule has 1 fully saturated rings. The zero-order valence-electron chi connectivity index (χ0n) is 21.7. The summed E-state index contributed by atoms with van der Waals surface area (Å²) < 4.78 is 30.7. The van der Waals surface area contributed by atoms with E-state index >= 15 is 4.39 Å². The van der Waals surface area contributed by atoms with Crippen LogP contribution in [-0.4, -0.2) is 42.8 Å². The lowest BCUT2D eigenvalue weighted by molar-refractivity contribution is -0.118. The lowest BCUT2D eigenvalue weighted by Gasteiger charge is -2.29. The molecule has 39 heavy (non-hydrogen) atoms. The molecule has 1 unspecified atom stereocenters. The monoisotopic (exact) mass is 531 g/mol. The number of nitrogens with one attached hydrogen (secondary N) is 3. The van der Waals surface area contributed by atoms with E-state index in [1.807, 2.05) is 0 Å². The minimum Gasteiger partial charge on any atom is -0.338 e. The van der Waals surface area contributed by atoms with Crippen LogP contribution < -0.4 is 10.6 Å². The Balaban J connectivity index is 1.34. The van der Waals surface area contributed by atoms with Gasteiger partial charge in [-0.25, -0.2) is 8.78 Å². The van der Waals surface area contributed by atoms with Gasteiger partial charge < -0.3 is 10.6 Å². The molecule has 200 valence electrons. The maximum absolute atomic E-state index is 15.2. The van der Waals surface area contributed by atoms with Crippen LogP contribution in [0.3, 0.4) is 0 Å². The van der Waals surface area contributed by atoms with Crippen molar-refractivity contribution in [1.29, 1.82) is 0 Å². The number of anilines is 1. The number of pyridine rings is 1. The zero-order chi connectivity index (χ0) is 27.5. The summed E-state index contributed by atoms with van der Waals surface area (Å²) in [5.41, 5.74) is 3.86. The first-order valence-corrected chi connectivity index (χ1v) is 12.7. The number of aromatic amines is 1. The van der Waals surface area contributed by atoms with E-state index in [-0.39, 0.29) is 34.2 Å². The molecular formula is C28H27F2N7O2. The fourth-order valence-electron chi connectivity index (χ4n) is 5.95. The Kier molecular flexibility index (Phi) is 5.81. The van der Waals surface area contributed by atoms with Crippen molar-refractivity contribution in [3.8, 4) is 11.3 Å². The van der Waals surface area contributed by atoms with E-state index < -0.39 is 23.7 Å². The molecule has 3 heterocycles. The summed E-state index contributed by atoms with van der Waals surface area (Å²) in [4.78, 5) is 31.3. The number of amides is 2. The number of fused-ring (bicyclic) bond motifs is 1. The average molecular weight is 532 g/mol. The highest BCUT2D eigenvalue weighted by Gasteiger charge is 2.58. The minimum atomic E-state index is -0.997. The second kappa shape index (κ2) is 9.11. The van der Waals surface area contributed by atoms with Gasteiger partial charge in [0.1, 0.15) is 23.2 Å². The highest BCUT2D eigenvalue weighted by Crippen LogP contribution is 2.64. The molecule has 4 aromatic rings. The van der Waals surface area contributed by atoms with Crippen LogP contribution in [0.25, 0.3) is 11.3 Å². The number of halogens is 2. The van der Waals surface area contributed by atoms with E-state index in [0.717, 1.165) is 24.0 Å². The molecule has 0 bridgehead atoms. The average Bonchev–Trinajstić information content (AvgIpc) is 3.22. The van der Waals surface area contributed by atoms with Crippen LogP contribution in [0.2, 0.25) is 0 Å². The molecule has 2 atom stereocenters. The molecule has 2 aliphatic carbocycles. The molecule has 1 saturated carbocycles. The van der Waals surface area contributed by atoms with E-state index in [9.17, 15) is 14.0 Å². The van der Waals surface area contributed by atoms with Gasteiger partial charge in [-0.05, 0) is 67.9 Å². The van der Waals surface area contributed by atoms with E-state index in [2.05, 4.69) is 30.9 Å². The highest BCUT2D eigenvalue weighted by atomic mass is 19.1. The summed E-state index contributed by atoms with van der Waals surface area (Å²) in [5, 5.41) is 16.6. The summed E-state index contributed by atoms with van der Waals surface area (Å²) in [6, 6.07) is 6.35. The third-order valence-corrected chi connectivity index (χ3v) is 7.96. The van der Waals surface area contributed by atoms with Crippen LogP contribution >= 0.6 is 0 Å². The van der Waals surface area contributed by atoms with Crippen LogP contribution in [0.5, 0.6) is 0 Å². The molecule has 3 N–H and O–H groups in total. The lowest BCUT2D eigenvalue weighted by atomic mass is 9.82. The third kappa shape index (κ3) is 4.27. The fraction of sp³-hybridized carbons (Fsp3) is 0.321. The van der Waals surface area contributed by atoms with E-state index in [0.29, 0.717) is 23.4 Å². The second-order valence-corrected chi connectivity index (χ2v) is 10.5. The zero-order valence-corrected chi connectivity index (χ0v) is 21.7. The third-order valence-electron chi connectivity index (χ3n) is 7.96. The Labute approximate surface area is 223 Å². The number of hydrogen-bond acceptors (Lipinski definition) is 5. The number of H-pyrrole nitrogens is 1. The number of nitrogens with zero attached hydrogens (tertiary/aromatic N) is 4. The SMILES string of the molecule is Cc1n[nH]c(C)c1-c1ncc(NC(=O)[C@@H](NC(=O)c2ccnn2C)C2c3ccc(F)cc3CC23CC3)cc1F. The predicted molar refractivity (Wildman–Crippen MR) is 139 cm³/mol. The topological polar surface area (TPSA) is 118 Å². The molecule has 9 nitrogen and oxygen atoms in total. The molecule has 2 aliphatic rings. The number of aromatic nitrogens is 5. The molecule has 2 amide bonds. The van der Waals surface area contributed by atoms with Crippen LogP contribution in [0.1, 0.15) is 51.8 Å². The Morgan fingerprint density at radius 1 is 1.18 bits per heavy atom. The maximum Gasteiger partial charge on any atom is 0.270 e. The van der Waals surface area contributed by atoms with Gasteiger partial charge in [0.15, 0.2) is 5.82 Å². The summed E-state index contributed by atoms with van der Waals surface area (Å²) in [6.45, 7) is 3.53. The van der Waals surface area contributed by atoms with Crippen molar-refractivity contribution in [2.75, 3.05) is 5.32 Å². The van der Waals surface area contributed by atoms with Gasteiger partial charge in [0.25, 0.3) is 5.91 Å². The first kappa shape index (κ1) is 24.9. The molecule has 1 aromatic carbocycles. The minimum absolute atomic E-state index is 0.126. The molecule has 0 aliphatic heterocycles. The largest absolute Gasteiger partial charge is 0.338 e. The van der Waals surface area contributed by atoms with Gasteiger partial charge in [-0.3, -0.25) is 24.4 Å². The summed E-state index contributed by atoms with van der Waals surface area (Å²) >= 11 is 0. The Bertz CT molecular complexity index is 1600. The molecule has 3 aromatic heterocycles. The Morgan fingerprint density at radius 2 is 1.97 bits per heavy atom. The van der Waals surface area contributed by atoms with Crippen molar-refractivity contribution in [2.24, 2.45) is 12.5 Å². The van der Waals surface area contributed by atoms with Crippen LogP contribution in [0.15, 0.2) is 42.7 Å². The number of carbonyl (C=O) groups excluding carboxylic acids is 2. The van der Waals surface area contributed by atoms with E-state index in [4.69, 9.17) is 0 Å². The molecule has 0 radical (unpaired) electrons. The van der Waals surface area contributed by atoms with Crippen molar-refractivity contribution in [1.82, 2.24) is 30.3 Å². The first-order chi connectivity index (χ1) is 18.7. The van der Waals surface area contributed by atoms with Crippen LogP contribution in [-0.2, 0) is 18.3 Å². The Morgan fingerprint density at radius 3 is 2.62 bits per heavy atom. The summed E-state index contributed by atoms with van der Waals surface area (Å²) in [5.74, 6) is -2.31. The van der Waals surface area contributed by atoms with Gasteiger partial charge >= 0.3 is 0 Å². The van der Waals surface area contributed by atoms with Crippen molar-refractivity contribution in [3.05, 3.63) is 82.6 Å². The maximum atomic E-state index is 15.2. The van der Waals surface area contributed by atoms with E-state index in [1.54, 1.807) is 33.0 Å². The van der Waals surface area contributed by atoms with Gasteiger partial charge in [-0.15, -0.1) is 0 Å². The lowest BCUT2D eigenvalue weighted by Crippen LogP contribution is -2.49. The quantitative estimate of drug-likeness (QED) is 0.348. The van der Waals surface area contributed by atoms with Crippen molar-refractivity contribution < 1.29 is 18.4 Å². The van der Waals surface area contributed by atoms with Gasteiger partial charge in [0, 0.05) is 36.5 Å². The number of rotatable bonds is 6. The Hall–Kier alpha value is -4.41. The van der Waals surface area contributed by atoms with Crippen molar-refractivity contribution in [3.63, 3.8) is 0 Å². The molecule has 6 rings (SSSR count). The summed E-state index contributed by atoms with van der Waals surface area (Å²) in [6.07, 6.45) is 5.22. The molecule has 1 spiro atoms. The van der Waals surface area contributed by atoms with Crippen LogP contribution in [0.4, 0.5) is 14.5 Å². The smallest absolute Gasteiger partial charge is 0.270 e. The van der Waals surface area contributed by atoms with Gasteiger partial charge in [-0.2, -0.15) is 10.2 Å². The fourth-order valence-corrected chi connectivity index (χ4v) is 5.95. The highest BCUT2D eigenvalue weighted by molar-refractivity contribution is 6.01. The van der Waals surface area contributed by atoms with Gasteiger partial charge in [0.05, 0.1) is 17.6 Å². The van der Waals surface area contributed by atoms with Crippen LogP contribution in [0, 0.1) is 30.9 Å². The number of carbonyl (C=O) groups is 2. The molecule has 0 saturated heterocycles. The molecule has 11 heteroatoms. The molecular weight excluding hydrogens is 504 g/mol. The first-order valence-electron chi connectivity index (χ1n) is 12.7. The van der Waals surface area contributed by atoms with Gasteiger partial charge in [-0.1, -0.05) is 6.07 Å². The standard InChI is InChI=1S/C28H27F2N7O2/c1-14-22(15(2)36-35-14)24-20(30)11-18(13-31-24)33-27(39)25(34-26(38)21-6-9-32-37(21)3)23-19-5-4-17(29)10-16(19)12-28(23)7-8-28/h4-6,9-11,13,23,25H,7-8,12H2,1-3H3,(H,33,39)(H,34,38)(H,35,36)/t23?,25-/m0/s1. The van der Waals surface area contributed by atoms with Crippen molar-refractivity contribution in [2.45, 2.75) is 45.1 Å². The second-order valence-electron chi connectivity index (χ2n) is 10.5. The summed E-state index contributed by atoms with van der Waals surface area (Å²) in [7, 11) is 1.64.